The number of aryl methyl sites for hydroxylation is 1. The molecule has 0 radical (unpaired) electrons. The highest BCUT2D eigenvalue weighted by atomic mass is 32.1. The summed E-state index contributed by atoms with van der Waals surface area (Å²) in [6, 6.07) is 8.96. The van der Waals surface area contributed by atoms with Gasteiger partial charge in [-0.3, -0.25) is 4.79 Å². The lowest BCUT2D eigenvalue weighted by atomic mass is 10.2. The van der Waals surface area contributed by atoms with Crippen molar-refractivity contribution in [3.8, 4) is 0 Å². The lowest BCUT2D eigenvalue weighted by Crippen LogP contribution is -2.20. The number of hydrogen-bond acceptors (Lipinski definition) is 3. The Morgan fingerprint density at radius 2 is 2.11 bits per heavy atom. The van der Waals surface area contributed by atoms with Crippen molar-refractivity contribution in [3.63, 3.8) is 0 Å². The second-order valence-electron chi connectivity index (χ2n) is 3.82. The van der Waals surface area contributed by atoms with Crippen LogP contribution in [0.3, 0.4) is 0 Å². The topological polar surface area (TPSA) is 54.6 Å². The third-order valence-electron chi connectivity index (χ3n) is 2.53. The van der Waals surface area contributed by atoms with Crippen molar-refractivity contribution in [1.29, 1.82) is 0 Å². The number of carbonyl (C=O) groups is 1. The van der Waals surface area contributed by atoms with Crippen LogP contribution in [-0.4, -0.2) is 22.2 Å². The molecule has 1 aromatic heterocycles. The van der Waals surface area contributed by atoms with Crippen molar-refractivity contribution in [1.82, 2.24) is 4.57 Å². The fourth-order valence-corrected chi connectivity index (χ4v) is 2.51. The van der Waals surface area contributed by atoms with E-state index in [9.17, 15) is 4.79 Å². The number of aliphatic hydroxyl groups is 1. The minimum Gasteiger partial charge on any atom is -0.395 e. The van der Waals surface area contributed by atoms with Gasteiger partial charge in [-0.05, 0) is 19.1 Å². The van der Waals surface area contributed by atoms with E-state index in [4.69, 9.17) is 5.11 Å². The highest BCUT2D eigenvalue weighted by Crippen LogP contribution is 2.03. The van der Waals surface area contributed by atoms with E-state index in [-0.39, 0.29) is 12.5 Å². The van der Waals surface area contributed by atoms with Crippen molar-refractivity contribution in [2.75, 3.05) is 6.61 Å². The number of benzene rings is 1. The maximum absolute atomic E-state index is 11.9. The van der Waals surface area contributed by atoms with Gasteiger partial charge in [-0.15, -0.1) is 11.3 Å². The van der Waals surface area contributed by atoms with Crippen molar-refractivity contribution in [3.05, 3.63) is 51.8 Å². The average Bonchev–Trinajstić information content (AvgIpc) is 2.73. The molecule has 1 N–H and O–H groups in total. The monoisotopic (exact) mass is 262 g/mol. The minimum absolute atomic E-state index is 0.0320. The molecule has 0 aliphatic rings. The molecular formula is C13H14N2O2S. The molecule has 18 heavy (non-hydrogen) atoms. The Hall–Kier alpha value is -1.72. The van der Waals surface area contributed by atoms with Gasteiger partial charge >= 0.3 is 0 Å². The highest BCUT2D eigenvalue weighted by molar-refractivity contribution is 7.07. The molecule has 0 spiro atoms. The van der Waals surface area contributed by atoms with Crippen LogP contribution in [0, 0.1) is 6.92 Å². The molecule has 0 aliphatic heterocycles. The van der Waals surface area contributed by atoms with E-state index < -0.39 is 0 Å². The molecule has 0 aliphatic carbocycles. The predicted molar refractivity (Wildman–Crippen MR) is 70.5 cm³/mol. The minimum atomic E-state index is -0.260. The van der Waals surface area contributed by atoms with Gasteiger partial charge in [-0.2, -0.15) is 4.99 Å². The number of rotatable bonds is 3. The van der Waals surface area contributed by atoms with Crippen LogP contribution in [0.2, 0.25) is 0 Å². The third-order valence-corrected chi connectivity index (χ3v) is 3.51. The molecule has 0 saturated heterocycles. The summed E-state index contributed by atoms with van der Waals surface area (Å²) >= 11 is 1.40. The number of aliphatic hydroxyl groups excluding tert-OH is 1. The summed E-state index contributed by atoms with van der Waals surface area (Å²) < 4.78 is 1.84. The fraction of sp³-hybridized carbons (Fsp3) is 0.231. The normalized spacial score (nSPS) is 11.8. The first-order chi connectivity index (χ1) is 8.72. The van der Waals surface area contributed by atoms with Crippen LogP contribution in [0.25, 0.3) is 0 Å². The van der Waals surface area contributed by atoms with Crippen molar-refractivity contribution in [2.24, 2.45) is 4.99 Å². The quantitative estimate of drug-likeness (QED) is 0.913. The van der Waals surface area contributed by atoms with E-state index in [0.29, 0.717) is 16.9 Å². The van der Waals surface area contributed by atoms with E-state index in [0.717, 1.165) is 5.69 Å². The SMILES string of the molecule is Cc1csc(=NC(=O)c2ccccc2)n1CCO. The van der Waals surface area contributed by atoms with Crippen LogP contribution in [0.1, 0.15) is 16.1 Å². The van der Waals surface area contributed by atoms with E-state index >= 15 is 0 Å². The molecule has 2 aromatic rings. The van der Waals surface area contributed by atoms with Gasteiger partial charge in [0, 0.05) is 23.2 Å². The molecule has 0 atom stereocenters. The molecule has 94 valence electrons. The first-order valence-corrected chi connectivity index (χ1v) is 6.50. The van der Waals surface area contributed by atoms with Gasteiger partial charge in [0.2, 0.25) is 0 Å². The summed E-state index contributed by atoms with van der Waals surface area (Å²) in [4.78, 5) is 16.7. The summed E-state index contributed by atoms with van der Waals surface area (Å²) in [7, 11) is 0. The molecule has 5 heteroatoms. The Balaban J connectivity index is 2.37. The van der Waals surface area contributed by atoms with E-state index in [2.05, 4.69) is 4.99 Å². The van der Waals surface area contributed by atoms with Crippen LogP contribution in [0.4, 0.5) is 0 Å². The molecule has 0 bridgehead atoms. The van der Waals surface area contributed by atoms with Gasteiger partial charge < -0.3 is 9.67 Å². The average molecular weight is 262 g/mol. The Kier molecular flexibility index (Phi) is 4.07. The van der Waals surface area contributed by atoms with Gasteiger partial charge in [-0.25, -0.2) is 0 Å². The number of thiazole rings is 1. The maximum atomic E-state index is 11.9. The first-order valence-electron chi connectivity index (χ1n) is 5.62. The van der Waals surface area contributed by atoms with Crippen LogP contribution in [-0.2, 0) is 6.54 Å². The smallest absolute Gasteiger partial charge is 0.279 e. The van der Waals surface area contributed by atoms with Gasteiger partial charge in [0.1, 0.15) is 0 Å². The summed E-state index contributed by atoms with van der Waals surface area (Å²) in [5.41, 5.74) is 1.56. The summed E-state index contributed by atoms with van der Waals surface area (Å²) in [6.07, 6.45) is 0. The second-order valence-corrected chi connectivity index (χ2v) is 4.65. The predicted octanol–water partition coefficient (Wildman–Crippen LogP) is 1.59. The zero-order chi connectivity index (χ0) is 13.0. The standard InChI is InChI=1S/C13H14N2O2S/c1-10-9-18-13(15(10)7-8-16)14-12(17)11-5-3-2-4-6-11/h2-6,9,16H,7-8H2,1H3. The van der Waals surface area contributed by atoms with Crippen LogP contribution in [0.15, 0.2) is 40.7 Å². The largest absolute Gasteiger partial charge is 0.395 e. The van der Waals surface area contributed by atoms with E-state index in [1.165, 1.54) is 11.3 Å². The fourth-order valence-electron chi connectivity index (χ4n) is 1.61. The first kappa shape index (κ1) is 12.7. The molecule has 0 unspecified atom stereocenters. The Morgan fingerprint density at radius 1 is 1.39 bits per heavy atom. The Morgan fingerprint density at radius 3 is 2.78 bits per heavy atom. The second kappa shape index (κ2) is 5.75. The van der Waals surface area contributed by atoms with E-state index in [1.807, 2.05) is 35.1 Å². The van der Waals surface area contributed by atoms with Gasteiger partial charge in [-0.1, -0.05) is 18.2 Å². The molecule has 4 nitrogen and oxygen atoms in total. The molecule has 1 amide bonds. The number of carbonyl (C=O) groups excluding carboxylic acids is 1. The zero-order valence-electron chi connectivity index (χ0n) is 10.0. The van der Waals surface area contributed by atoms with Crippen molar-refractivity contribution in [2.45, 2.75) is 13.5 Å². The number of aromatic nitrogens is 1. The molecule has 2 rings (SSSR count). The van der Waals surface area contributed by atoms with Gasteiger partial charge in [0.25, 0.3) is 5.91 Å². The highest BCUT2D eigenvalue weighted by Gasteiger charge is 2.05. The van der Waals surface area contributed by atoms with Gasteiger partial charge in [0.05, 0.1) is 6.61 Å². The van der Waals surface area contributed by atoms with Crippen molar-refractivity contribution >= 4 is 17.2 Å². The molecule has 1 aromatic carbocycles. The van der Waals surface area contributed by atoms with Crippen LogP contribution < -0.4 is 4.80 Å². The van der Waals surface area contributed by atoms with Gasteiger partial charge in [0.15, 0.2) is 4.80 Å². The third kappa shape index (κ3) is 2.75. The molecular weight excluding hydrogens is 248 g/mol. The molecule has 0 fully saturated rings. The summed E-state index contributed by atoms with van der Waals surface area (Å²) in [5, 5.41) is 10.9. The zero-order valence-corrected chi connectivity index (χ0v) is 10.9. The molecule has 0 saturated carbocycles. The van der Waals surface area contributed by atoms with Crippen LogP contribution >= 0.6 is 11.3 Å². The summed E-state index contributed by atoms with van der Waals surface area (Å²) in [5.74, 6) is -0.260. The summed E-state index contributed by atoms with van der Waals surface area (Å²) in [6.45, 7) is 2.42. The lowest BCUT2D eigenvalue weighted by Gasteiger charge is -2.02. The molecule has 1 heterocycles. The number of hydrogen-bond donors (Lipinski definition) is 1. The lowest BCUT2D eigenvalue weighted by molar-refractivity contribution is 0.0997. The number of amides is 1. The van der Waals surface area contributed by atoms with Crippen LogP contribution in [0.5, 0.6) is 0 Å². The van der Waals surface area contributed by atoms with Crippen molar-refractivity contribution < 1.29 is 9.90 Å². The Labute approximate surface area is 109 Å². The number of nitrogens with zero attached hydrogens (tertiary/aromatic N) is 2. The Bertz CT molecular complexity index is 599. The van der Waals surface area contributed by atoms with E-state index in [1.54, 1.807) is 12.1 Å². The maximum Gasteiger partial charge on any atom is 0.279 e.